The van der Waals surface area contributed by atoms with E-state index in [1.54, 1.807) is 43.4 Å². The molecule has 98 valence electrons. The third-order valence-electron chi connectivity index (χ3n) is 2.67. The molecule has 0 saturated heterocycles. The zero-order valence-electron chi connectivity index (χ0n) is 10.3. The number of nitrogens with zero attached hydrogens (tertiary/aromatic N) is 2. The van der Waals surface area contributed by atoms with E-state index < -0.39 is 0 Å². The van der Waals surface area contributed by atoms with Gasteiger partial charge < -0.3 is 20.3 Å². The van der Waals surface area contributed by atoms with Crippen LogP contribution in [0.4, 0.5) is 5.69 Å². The van der Waals surface area contributed by atoms with Crippen molar-refractivity contribution in [3.8, 4) is 0 Å². The van der Waals surface area contributed by atoms with Gasteiger partial charge in [-0.15, -0.1) is 0 Å². The van der Waals surface area contributed by atoms with Gasteiger partial charge in [-0.2, -0.15) is 0 Å². The Balaban J connectivity index is 2.29. The molecule has 1 aromatic heterocycles. The molecule has 0 spiro atoms. The number of benzene rings is 1. The van der Waals surface area contributed by atoms with Crippen LogP contribution in [0.3, 0.4) is 0 Å². The van der Waals surface area contributed by atoms with Crippen LogP contribution in [-0.4, -0.2) is 24.0 Å². The monoisotopic (exact) mass is 259 g/mol. The first-order valence-corrected chi connectivity index (χ1v) is 5.53. The average molecular weight is 259 g/mol. The lowest BCUT2D eigenvalue weighted by Crippen LogP contribution is -2.26. The van der Waals surface area contributed by atoms with E-state index >= 15 is 0 Å². The molecule has 2 rings (SSSR count). The van der Waals surface area contributed by atoms with E-state index in [0.29, 0.717) is 11.3 Å². The zero-order valence-corrected chi connectivity index (χ0v) is 10.3. The molecule has 0 bridgehead atoms. The van der Waals surface area contributed by atoms with Crippen molar-refractivity contribution in [3.05, 3.63) is 54.0 Å². The van der Waals surface area contributed by atoms with Crippen molar-refractivity contribution < 1.29 is 14.4 Å². The van der Waals surface area contributed by atoms with Gasteiger partial charge >= 0.3 is 0 Å². The number of hydrogen-bond acceptors (Lipinski definition) is 4. The number of oxime groups is 1. The first-order valence-electron chi connectivity index (χ1n) is 5.53. The molecule has 0 aliphatic heterocycles. The number of furan rings is 1. The lowest BCUT2D eigenvalue weighted by Gasteiger charge is -2.16. The van der Waals surface area contributed by atoms with Crippen LogP contribution >= 0.6 is 0 Å². The minimum absolute atomic E-state index is 0.0132. The highest BCUT2D eigenvalue weighted by Crippen LogP contribution is 2.17. The normalized spacial score (nSPS) is 11.3. The molecule has 0 aliphatic rings. The lowest BCUT2D eigenvalue weighted by atomic mass is 10.1. The number of hydrogen-bond donors (Lipinski definition) is 2. The fraction of sp³-hybridized carbons (Fsp3) is 0.0769. The van der Waals surface area contributed by atoms with Crippen LogP contribution in [0, 0.1) is 0 Å². The van der Waals surface area contributed by atoms with E-state index in [4.69, 9.17) is 15.4 Å². The molecule has 0 aliphatic carbocycles. The van der Waals surface area contributed by atoms with Crippen molar-refractivity contribution in [1.29, 1.82) is 0 Å². The summed E-state index contributed by atoms with van der Waals surface area (Å²) >= 11 is 0. The highest BCUT2D eigenvalue weighted by molar-refractivity contribution is 6.05. The topological polar surface area (TPSA) is 92.1 Å². The van der Waals surface area contributed by atoms with Crippen LogP contribution in [0.5, 0.6) is 0 Å². The quantitative estimate of drug-likeness (QED) is 0.379. The summed E-state index contributed by atoms with van der Waals surface area (Å²) in [6.07, 6.45) is 1.44. The summed E-state index contributed by atoms with van der Waals surface area (Å²) < 4.78 is 5.06. The summed E-state index contributed by atoms with van der Waals surface area (Å²) in [6.45, 7) is 0. The summed E-state index contributed by atoms with van der Waals surface area (Å²) in [4.78, 5) is 13.5. The first-order chi connectivity index (χ1) is 9.13. The molecule has 19 heavy (non-hydrogen) atoms. The van der Waals surface area contributed by atoms with Crippen LogP contribution in [0.2, 0.25) is 0 Å². The molecule has 1 heterocycles. The third kappa shape index (κ3) is 2.57. The molecule has 1 aromatic carbocycles. The fourth-order valence-electron chi connectivity index (χ4n) is 1.61. The summed E-state index contributed by atoms with van der Waals surface area (Å²) in [5, 5.41) is 11.6. The van der Waals surface area contributed by atoms with Gasteiger partial charge in [0.05, 0.1) is 6.26 Å². The largest absolute Gasteiger partial charge is 0.459 e. The second-order valence-corrected chi connectivity index (χ2v) is 3.88. The Morgan fingerprint density at radius 2 is 2.16 bits per heavy atom. The summed E-state index contributed by atoms with van der Waals surface area (Å²) in [7, 11) is 1.62. The molecule has 0 fully saturated rings. The van der Waals surface area contributed by atoms with E-state index in [0.717, 1.165) is 0 Å². The Morgan fingerprint density at radius 1 is 1.37 bits per heavy atom. The molecule has 0 saturated carbocycles. The van der Waals surface area contributed by atoms with Crippen molar-refractivity contribution in [2.24, 2.45) is 10.9 Å². The van der Waals surface area contributed by atoms with Gasteiger partial charge in [0.1, 0.15) is 0 Å². The molecule has 6 heteroatoms. The number of nitrogens with two attached hydrogens (primary N) is 1. The predicted molar refractivity (Wildman–Crippen MR) is 70.4 cm³/mol. The number of amidine groups is 1. The third-order valence-corrected chi connectivity index (χ3v) is 2.67. The van der Waals surface area contributed by atoms with Crippen LogP contribution in [0.25, 0.3) is 0 Å². The molecular formula is C13H13N3O3. The fourth-order valence-corrected chi connectivity index (χ4v) is 1.61. The Labute approximate surface area is 109 Å². The van der Waals surface area contributed by atoms with Crippen LogP contribution in [0.15, 0.2) is 52.2 Å². The standard InChI is InChI=1S/C13H13N3O3/c1-16(13(17)11-6-3-7-19-11)10-5-2-4-9(8-10)12(14)15-18/h2-8,18H,1H3,(H2,14,15). The molecule has 0 unspecified atom stereocenters. The molecule has 0 radical (unpaired) electrons. The van der Waals surface area contributed by atoms with E-state index in [1.807, 2.05) is 0 Å². The van der Waals surface area contributed by atoms with Gasteiger partial charge in [0.25, 0.3) is 5.91 Å². The van der Waals surface area contributed by atoms with E-state index in [1.165, 1.54) is 11.2 Å². The summed E-state index contributed by atoms with van der Waals surface area (Å²) in [5.41, 5.74) is 6.66. The van der Waals surface area contributed by atoms with E-state index in [9.17, 15) is 4.79 Å². The van der Waals surface area contributed by atoms with Gasteiger partial charge in [-0.05, 0) is 24.3 Å². The van der Waals surface area contributed by atoms with Crippen molar-refractivity contribution in [2.45, 2.75) is 0 Å². The molecule has 2 aromatic rings. The SMILES string of the molecule is CN(C(=O)c1ccco1)c1cccc(C(N)=NO)c1. The van der Waals surface area contributed by atoms with Gasteiger partial charge in [-0.3, -0.25) is 4.79 Å². The Kier molecular flexibility index (Phi) is 3.51. The van der Waals surface area contributed by atoms with Crippen molar-refractivity contribution in [1.82, 2.24) is 0 Å². The maximum atomic E-state index is 12.1. The molecule has 0 atom stereocenters. The van der Waals surface area contributed by atoms with Crippen LogP contribution in [-0.2, 0) is 0 Å². The zero-order chi connectivity index (χ0) is 13.8. The van der Waals surface area contributed by atoms with Gasteiger partial charge in [0.2, 0.25) is 0 Å². The van der Waals surface area contributed by atoms with Gasteiger partial charge in [0.15, 0.2) is 11.6 Å². The number of carbonyl (C=O) groups is 1. The lowest BCUT2D eigenvalue weighted by molar-refractivity contribution is 0.0966. The maximum Gasteiger partial charge on any atom is 0.293 e. The maximum absolute atomic E-state index is 12.1. The molecule has 1 amide bonds. The van der Waals surface area contributed by atoms with Crippen molar-refractivity contribution in [2.75, 3.05) is 11.9 Å². The highest BCUT2D eigenvalue weighted by Gasteiger charge is 2.16. The second kappa shape index (κ2) is 5.26. The van der Waals surface area contributed by atoms with Gasteiger partial charge in [-0.25, -0.2) is 0 Å². The minimum Gasteiger partial charge on any atom is -0.459 e. The smallest absolute Gasteiger partial charge is 0.293 e. The molecule has 6 nitrogen and oxygen atoms in total. The molecular weight excluding hydrogens is 246 g/mol. The number of rotatable bonds is 3. The van der Waals surface area contributed by atoms with Crippen LogP contribution in [0.1, 0.15) is 16.1 Å². The second-order valence-electron chi connectivity index (χ2n) is 3.88. The van der Waals surface area contributed by atoms with Gasteiger partial charge in [-0.1, -0.05) is 17.3 Å². The number of carbonyl (C=O) groups excluding carboxylic acids is 1. The minimum atomic E-state index is -0.276. The van der Waals surface area contributed by atoms with Crippen LogP contribution < -0.4 is 10.6 Å². The Morgan fingerprint density at radius 3 is 2.79 bits per heavy atom. The average Bonchev–Trinajstić information content (AvgIpc) is 2.99. The first kappa shape index (κ1) is 12.7. The van der Waals surface area contributed by atoms with Gasteiger partial charge in [0, 0.05) is 18.3 Å². The van der Waals surface area contributed by atoms with Crippen molar-refractivity contribution >= 4 is 17.4 Å². The summed E-state index contributed by atoms with van der Waals surface area (Å²) in [6, 6.07) is 10.0. The number of anilines is 1. The number of amides is 1. The Bertz CT molecular complexity index is 605. The predicted octanol–water partition coefficient (Wildman–Crippen LogP) is 1.65. The van der Waals surface area contributed by atoms with Crippen molar-refractivity contribution in [3.63, 3.8) is 0 Å². The summed E-state index contributed by atoms with van der Waals surface area (Å²) in [5.74, 6) is -0.0425. The molecule has 3 N–H and O–H groups in total. The Hall–Kier alpha value is -2.76. The van der Waals surface area contributed by atoms with E-state index in [2.05, 4.69) is 5.16 Å². The highest BCUT2D eigenvalue weighted by atomic mass is 16.4. The van der Waals surface area contributed by atoms with E-state index in [-0.39, 0.29) is 17.5 Å².